The van der Waals surface area contributed by atoms with Crippen LogP contribution < -0.4 is 0 Å². The number of rotatable bonds is 2. The van der Waals surface area contributed by atoms with E-state index in [1.54, 1.807) is 0 Å². The van der Waals surface area contributed by atoms with Crippen molar-refractivity contribution >= 4 is 17.1 Å². The molecule has 3 rings (SSSR count). The molecule has 0 spiro atoms. The van der Waals surface area contributed by atoms with Gasteiger partial charge in [-0.2, -0.15) is 0 Å². The van der Waals surface area contributed by atoms with Crippen LogP contribution in [0.25, 0.3) is 0 Å². The summed E-state index contributed by atoms with van der Waals surface area (Å²) in [7, 11) is 0. The number of carbonyl (C=O) groups excluding carboxylic acids is 1. The number of aryl methyl sites for hydroxylation is 2. The van der Waals surface area contributed by atoms with E-state index in [9.17, 15) is 4.79 Å². The van der Waals surface area contributed by atoms with Gasteiger partial charge in [-0.1, -0.05) is 6.42 Å². The molecule has 2 fully saturated rings. The fourth-order valence-electron chi connectivity index (χ4n) is 3.91. The second kappa shape index (κ2) is 4.98. The summed E-state index contributed by atoms with van der Waals surface area (Å²) in [6, 6.07) is 1.35. The molecule has 1 aromatic heterocycles. The second-order valence-electron chi connectivity index (χ2n) is 5.99. The van der Waals surface area contributed by atoms with Crippen molar-refractivity contribution in [1.82, 2.24) is 9.88 Å². The standard InChI is InChI=1S/C15H22N2OS/c1-9-15(19-11(3)16-9)10(2)17-12-5-4-6-13(17)8-14(18)7-12/h10,12-13H,4-8H2,1-3H3. The minimum atomic E-state index is 0.412. The number of hydrogen-bond acceptors (Lipinski definition) is 4. The Balaban J connectivity index is 1.88. The molecule has 3 atom stereocenters. The van der Waals surface area contributed by atoms with Gasteiger partial charge in [0.05, 0.1) is 10.7 Å². The number of ketones is 1. The van der Waals surface area contributed by atoms with Gasteiger partial charge in [0.2, 0.25) is 0 Å². The summed E-state index contributed by atoms with van der Waals surface area (Å²) in [5.41, 5.74) is 1.17. The van der Waals surface area contributed by atoms with Gasteiger partial charge >= 0.3 is 0 Å². The molecule has 4 heteroatoms. The van der Waals surface area contributed by atoms with Crippen LogP contribution >= 0.6 is 11.3 Å². The Hall–Kier alpha value is -0.740. The topological polar surface area (TPSA) is 33.2 Å². The van der Waals surface area contributed by atoms with E-state index in [0.29, 0.717) is 23.9 Å². The molecule has 3 heterocycles. The fraction of sp³-hybridized carbons (Fsp3) is 0.733. The number of piperidine rings is 2. The summed E-state index contributed by atoms with van der Waals surface area (Å²) in [6.45, 7) is 6.48. The van der Waals surface area contributed by atoms with Crippen LogP contribution in [0, 0.1) is 13.8 Å². The highest BCUT2D eigenvalue weighted by molar-refractivity contribution is 7.11. The largest absolute Gasteiger partial charge is 0.300 e. The number of fused-ring (bicyclic) bond motifs is 2. The van der Waals surface area contributed by atoms with E-state index >= 15 is 0 Å². The second-order valence-corrected chi connectivity index (χ2v) is 7.23. The maximum Gasteiger partial charge on any atom is 0.136 e. The molecule has 3 nitrogen and oxygen atoms in total. The van der Waals surface area contributed by atoms with Crippen molar-refractivity contribution in [3.8, 4) is 0 Å². The van der Waals surface area contributed by atoms with Crippen LogP contribution in [-0.2, 0) is 4.79 Å². The SMILES string of the molecule is Cc1nc(C)c(C(C)N2C3CCCC2CC(=O)C3)s1. The first-order chi connectivity index (χ1) is 9.06. The Bertz CT molecular complexity index is 480. The molecule has 2 saturated heterocycles. The van der Waals surface area contributed by atoms with Gasteiger partial charge < -0.3 is 0 Å². The number of carbonyl (C=O) groups is 1. The van der Waals surface area contributed by atoms with E-state index in [2.05, 4.69) is 30.7 Å². The third-order valence-electron chi connectivity index (χ3n) is 4.61. The van der Waals surface area contributed by atoms with Gasteiger partial charge in [0.15, 0.2) is 0 Å². The number of hydrogen-bond donors (Lipinski definition) is 0. The Morgan fingerprint density at radius 2 is 1.89 bits per heavy atom. The summed E-state index contributed by atoms with van der Waals surface area (Å²) in [6.07, 6.45) is 5.18. The summed E-state index contributed by atoms with van der Waals surface area (Å²) in [5, 5.41) is 1.15. The van der Waals surface area contributed by atoms with Gasteiger partial charge in [0.25, 0.3) is 0 Å². The molecular weight excluding hydrogens is 256 g/mol. The van der Waals surface area contributed by atoms with E-state index in [0.717, 1.165) is 17.8 Å². The summed E-state index contributed by atoms with van der Waals surface area (Å²) in [5.74, 6) is 0.468. The Morgan fingerprint density at radius 3 is 2.42 bits per heavy atom. The quantitative estimate of drug-likeness (QED) is 0.831. The van der Waals surface area contributed by atoms with Gasteiger partial charge in [-0.3, -0.25) is 9.69 Å². The zero-order valence-electron chi connectivity index (χ0n) is 12.0. The zero-order valence-corrected chi connectivity index (χ0v) is 12.8. The zero-order chi connectivity index (χ0) is 13.6. The molecule has 0 aliphatic carbocycles. The monoisotopic (exact) mass is 278 g/mol. The molecule has 2 aliphatic heterocycles. The molecule has 0 N–H and O–H groups in total. The van der Waals surface area contributed by atoms with Crippen molar-refractivity contribution in [2.75, 3.05) is 0 Å². The first-order valence-corrected chi connectivity index (χ1v) is 8.11. The number of nitrogens with zero attached hydrogens (tertiary/aromatic N) is 2. The highest BCUT2D eigenvalue weighted by atomic mass is 32.1. The van der Waals surface area contributed by atoms with Gasteiger partial charge in [-0.15, -0.1) is 11.3 Å². The third-order valence-corrected chi connectivity index (χ3v) is 5.85. The molecule has 0 saturated carbocycles. The lowest BCUT2D eigenvalue weighted by molar-refractivity contribution is -0.128. The van der Waals surface area contributed by atoms with Crippen molar-refractivity contribution < 1.29 is 4.79 Å². The van der Waals surface area contributed by atoms with Crippen molar-refractivity contribution in [2.24, 2.45) is 0 Å². The van der Waals surface area contributed by atoms with Gasteiger partial charge in [-0.05, 0) is 33.6 Å². The molecule has 0 radical (unpaired) electrons. The number of thiazole rings is 1. The first kappa shape index (κ1) is 13.3. The van der Waals surface area contributed by atoms with Crippen molar-refractivity contribution in [2.45, 2.75) is 71.0 Å². The highest BCUT2D eigenvalue weighted by Crippen LogP contribution is 2.40. The summed E-state index contributed by atoms with van der Waals surface area (Å²) >= 11 is 1.82. The molecule has 3 unspecified atom stereocenters. The molecule has 0 aromatic carbocycles. The van der Waals surface area contributed by atoms with Gasteiger partial charge in [0.1, 0.15) is 5.78 Å². The van der Waals surface area contributed by atoms with E-state index in [1.807, 2.05) is 11.3 Å². The van der Waals surface area contributed by atoms with Crippen molar-refractivity contribution in [3.05, 3.63) is 15.6 Å². The molecule has 1 aromatic rings. The number of aromatic nitrogens is 1. The molecule has 2 bridgehead atoms. The predicted molar refractivity (Wildman–Crippen MR) is 77.5 cm³/mol. The van der Waals surface area contributed by atoms with Crippen molar-refractivity contribution in [1.29, 1.82) is 0 Å². The summed E-state index contributed by atoms with van der Waals surface area (Å²) < 4.78 is 0. The van der Waals surface area contributed by atoms with Crippen LogP contribution in [0.3, 0.4) is 0 Å². The maximum atomic E-state index is 11.8. The lowest BCUT2D eigenvalue weighted by Crippen LogP contribution is -2.53. The minimum absolute atomic E-state index is 0.412. The van der Waals surface area contributed by atoms with Crippen LogP contribution in [-0.4, -0.2) is 27.8 Å². The van der Waals surface area contributed by atoms with Crippen LogP contribution in [0.1, 0.15) is 60.6 Å². The first-order valence-electron chi connectivity index (χ1n) is 7.29. The molecule has 2 aliphatic rings. The van der Waals surface area contributed by atoms with Gasteiger partial charge in [0, 0.05) is 35.8 Å². The van der Waals surface area contributed by atoms with E-state index in [4.69, 9.17) is 0 Å². The Morgan fingerprint density at radius 1 is 1.26 bits per heavy atom. The van der Waals surface area contributed by atoms with E-state index in [1.165, 1.54) is 29.8 Å². The van der Waals surface area contributed by atoms with Crippen LogP contribution in [0.4, 0.5) is 0 Å². The van der Waals surface area contributed by atoms with Crippen LogP contribution in [0.2, 0.25) is 0 Å². The lowest BCUT2D eigenvalue weighted by atomic mass is 9.82. The normalized spacial score (nSPS) is 29.5. The van der Waals surface area contributed by atoms with Crippen molar-refractivity contribution in [3.63, 3.8) is 0 Å². The predicted octanol–water partition coefficient (Wildman–Crippen LogP) is 3.41. The smallest absolute Gasteiger partial charge is 0.136 e. The average molecular weight is 278 g/mol. The third kappa shape index (κ3) is 2.36. The maximum absolute atomic E-state index is 11.8. The van der Waals surface area contributed by atoms with Crippen LogP contribution in [0.15, 0.2) is 0 Å². The molecule has 19 heavy (non-hydrogen) atoms. The fourth-order valence-corrected chi connectivity index (χ4v) is 4.90. The van der Waals surface area contributed by atoms with Gasteiger partial charge in [-0.25, -0.2) is 4.98 Å². The van der Waals surface area contributed by atoms with Crippen LogP contribution in [0.5, 0.6) is 0 Å². The highest BCUT2D eigenvalue weighted by Gasteiger charge is 2.40. The molecule has 0 amide bonds. The van der Waals surface area contributed by atoms with E-state index in [-0.39, 0.29) is 0 Å². The summed E-state index contributed by atoms with van der Waals surface area (Å²) in [4.78, 5) is 20.4. The van der Waals surface area contributed by atoms with E-state index < -0.39 is 0 Å². The number of Topliss-reactive ketones (excluding diaryl/α,β-unsaturated/α-hetero) is 1. The molecule has 104 valence electrons. The molecular formula is C15H22N2OS. The Kier molecular flexibility index (Phi) is 3.48. The average Bonchev–Trinajstić information content (AvgIpc) is 2.66. The lowest BCUT2D eigenvalue weighted by Gasteiger charge is -2.48. The minimum Gasteiger partial charge on any atom is -0.300 e. The Labute approximate surface area is 119 Å².